The summed E-state index contributed by atoms with van der Waals surface area (Å²) in [5, 5.41) is 8.05. The molecule has 0 bridgehead atoms. The van der Waals surface area contributed by atoms with Crippen LogP contribution in [-0.2, 0) is 6.54 Å². The lowest BCUT2D eigenvalue weighted by atomic mass is 10.1. The molecule has 0 amide bonds. The molecule has 1 atom stereocenters. The van der Waals surface area contributed by atoms with Gasteiger partial charge in [0.1, 0.15) is 5.75 Å². The van der Waals surface area contributed by atoms with Crippen LogP contribution in [0.1, 0.15) is 30.6 Å². The highest BCUT2D eigenvalue weighted by Crippen LogP contribution is 2.19. The smallest absolute Gasteiger partial charge is 0.118 e. The molecule has 0 fully saturated rings. The number of aryl methyl sites for hydroxylation is 1. The summed E-state index contributed by atoms with van der Waals surface area (Å²) < 4.78 is 7.21. The highest BCUT2D eigenvalue weighted by Gasteiger charge is 2.12. The maximum Gasteiger partial charge on any atom is 0.118 e. The molecular weight excluding hydrogens is 250 g/mol. The minimum Gasteiger partial charge on any atom is -0.497 e. The lowest BCUT2D eigenvalue weighted by molar-refractivity contribution is 0.412. The highest BCUT2D eigenvalue weighted by molar-refractivity contribution is 5.29. The number of hydrogen-bond acceptors (Lipinski definition) is 3. The van der Waals surface area contributed by atoms with Crippen LogP contribution in [0.5, 0.6) is 5.75 Å². The van der Waals surface area contributed by atoms with Crippen LogP contribution in [0.2, 0.25) is 0 Å². The minimum atomic E-state index is 0.264. The van der Waals surface area contributed by atoms with E-state index in [-0.39, 0.29) is 6.04 Å². The number of benzene rings is 1. The summed E-state index contributed by atoms with van der Waals surface area (Å²) in [5.41, 5.74) is 2.31. The number of nitrogens with zero attached hydrogens (tertiary/aromatic N) is 2. The van der Waals surface area contributed by atoms with Crippen molar-refractivity contribution in [3.63, 3.8) is 0 Å². The van der Waals surface area contributed by atoms with Crippen LogP contribution >= 0.6 is 0 Å². The predicted molar refractivity (Wildman–Crippen MR) is 81.0 cm³/mol. The van der Waals surface area contributed by atoms with Crippen LogP contribution < -0.4 is 10.1 Å². The fourth-order valence-electron chi connectivity index (χ4n) is 2.19. The fourth-order valence-corrected chi connectivity index (χ4v) is 2.19. The van der Waals surface area contributed by atoms with Crippen LogP contribution in [0, 0.1) is 6.92 Å². The van der Waals surface area contributed by atoms with Gasteiger partial charge in [-0.2, -0.15) is 5.10 Å². The van der Waals surface area contributed by atoms with E-state index in [1.807, 2.05) is 36.0 Å². The van der Waals surface area contributed by atoms with Crippen molar-refractivity contribution in [1.82, 2.24) is 15.1 Å². The predicted octanol–water partition coefficient (Wildman–Crippen LogP) is 2.94. The van der Waals surface area contributed by atoms with Crippen LogP contribution in [0.15, 0.2) is 36.5 Å². The average molecular weight is 273 g/mol. The van der Waals surface area contributed by atoms with E-state index in [1.54, 1.807) is 7.11 Å². The normalized spacial score (nSPS) is 12.3. The molecule has 2 aromatic rings. The lowest BCUT2D eigenvalue weighted by Gasteiger charge is -2.19. The van der Waals surface area contributed by atoms with Crippen LogP contribution in [0.3, 0.4) is 0 Å². The number of aromatic nitrogens is 2. The van der Waals surface area contributed by atoms with Gasteiger partial charge in [-0.05, 0) is 43.7 Å². The molecule has 108 valence electrons. The van der Waals surface area contributed by atoms with Crippen molar-refractivity contribution in [3.8, 4) is 5.75 Å². The van der Waals surface area contributed by atoms with Crippen molar-refractivity contribution >= 4 is 0 Å². The maximum absolute atomic E-state index is 5.21. The van der Waals surface area contributed by atoms with Gasteiger partial charge in [-0.3, -0.25) is 4.68 Å². The molecule has 0 saturated carbocycles. The summed E-state index contributed by atoms with van der Waals surface area (Å²) >= 11 is 0. The SMILES string of the molecule is CCCNC(Cn1ccc(C)n1)c1ccc(OC)cc1. The zero-order valence-electron chi connectivity index (χ0n) is 12.5. The second-order valence-electron chi connectivity index (χ2n) is 4.96. The van der Waals surface area contributed by atoms with E-state index in [9.17, 15) is 0 Å². The zero-order valence-corrected chi connectivity index (χ0v) is 12.5. The van der Waals surface area contributed by atoms with E-state index in [4.69, 9.17) is 4.74 Å². The van der Waals surface area contributed by atoms with Gasteiger partial charge < -0.3 is 10.1 Å². The molecule has 4 heteroatoms. The van der Waals surface area contributed by atoms with E-state index < -0.39 is 0 Å². The Balaban J connectivity index is 2.12. The van der Waals surface area contributed by atoms with Crippen LogP contribution in [0.4, 0.5) is 0 Å². The number of hydrogen-bond donors (Lipinski definition) is 1. The molecule has 0 spiro atoms. The number of rotatable bonds is 7. The van der Waals surface area contributed by atoms with Gasteiger partial charge in [-0.25, -0.2) is 0 Å². The first-order valence-electron chi connectivity index (χ1n) is 7.10. The van der Waals surface area contributed by atoms with Gasteiger partial charge in [-0.1, -0.05) is 19.1 Å². The molecule has 1 heterocycles. The molecule has 2 rings (SSSR count). The Kier molecular flexibility index (Phi) is 5.18. The Hall–Kier alpha value is -1.81. The van der Waals surface area contributed by atoms with Crippen molar-refractivity contribution in [1.29, 1.82) is 0 Å². The second kappa shape index (κ2) is 7.10. The van der Waals surface area contributed by atoms with Gasteiger partial charge in [0.05, 0.1) is 25.4 Å². The Morgan fingerprint density at radius 1 is 1.25 bits per heavy atom. The third-order valence-electron chi connectivity index (χ3n) is 3.30. The number of ether oxygens (including phenoxy) is 1. The molecule has 1 aromatic heterocycles. The number of nitrogens with one attached hydrogen (secondary N) is 1. The van der Waals surface area contributed by atoms with Gasteiger partial charge >= 0.3 is 0 Å². The Labute approximate surface area is 120 Å². The Morgan fingerprint density at radius 3 is 2.55 bits per heavy atom. The van der Waals surface area contributed by atoms with Gasteiger partial charge in [0.2, 0.25) is 0 Å². The molecule has 1 aromatic carbocycles. The van der Waals surface area contributed by atoms with E-state index >= 15 is 0 Å². The fraction of sp³-hybridized carbons (Fsp3) is 0.438. The molecule has 0 aliphatic heterocycles. The van der Waals surface area contributed by atoms with Gasteiger partial charge in [0, 0.05) is 6.20 Å². The largest absolute Gasteiger partial charge is 0.497 e. The first-order valence-corrected chi connectivity index (χ1v) is 7.10. The van der Waals surface area contributed by atoms with E-state index in [0.717, 1.165) is 31.0 Å². The molecule has 20 heavy (non-hydrogen) atoms. The van der Waals surface area contributed by atoms with E-state index in [2.05, 4.69) is 29.5 Å². The quantitative estimate of drug-likeness (QED) is 0.843. The average Bonchev–Trinajstić information content (AvgIpc) is 2.89. The van der Waals surface area contributed by atoms with Gasteiger partial charge in [-0.15, -0.1) is 0 Å². The van der Waals surface area contributed by atoms with Crippen molar-refractivity contribution in [2.24, 2.45) is 0 Å². The second-order valence-corrected chi connectivity index (χ2v) is 4.96. The summed E-state index contributed by atoms with van der Waals surface area (Å²) in [6.45, 7) is 6.02. The summed E-state index contributed by atoms with van der Waals surface area (Å²) in [6.07, 6.45) is 3.14. The minimum absolute atomic E-state index is 0.264. The molecule has 0 saturated heterocycles. The number of methoxy groups -OCH3 is 1. The molecule has 0 aliphatic rings. The molecule has 0 aliphatic carbocycles. The highest BCUT2D eigenvalue weighted by atomic mass is 16.5. The first-order chi connectivity index (χ1) is 9.72. The summed E-state index contributed by atoms with van der Waals surface area (Å²) in [7, 11) is 1.69. The van der Waals surface area contributed by atoms with Crippen molar-refractivity contribution in [2.45, 2.75) is 32.9 Å². The topological polar surface area (TPSA) is 39.1 Å². The Morgan fingerprint density at radius 2 is 2.00 bits per heavy atom. The standard InChI is InChI=1S/C16H23N3O/c1-4-10-17-16(12-19-11-9-13(2)18-19)14-5-7-15(20-3)8-6-14/h5-9,11,16-17H,4,10,12H2,1-3H3. The monoisotopic (exact) mass is 273 g/mol. The van der Waals surface area contributed by atoms with Crippen LogP contribution in [0.25, 0.3) is 0 Å². The molecule has 1 N–H and O–H groups in total. The first kappa shape index (κ1) is 14.6. The summed E-state index contributed by atoms with van der Waals surface area (Å²) in [6, 6.07) is 10.5. The molecule has 0 radical (unpaired) electrons. The summed E-state index contributed by atoms with van der Waals surface area (Å²) in [5.74, 6) is 0.887. The third-order valence-corrected chi connectivity index (χ3v) is 3.30. The zero-order chi connectivity index (χ0) is 14.4. The van der Waals surface area contributed by atoms with Crippen molar-refractivity contribution < 1.29 is 4.74 Å². The van der Waals surface area contributed by atoms with Gasteiger partial charge in [0.15, 0.2) is 0 Å². The third kappa shape index (κ3) is 3.84. The molecule has 4 nitrogen and oxygen atoms in total. The van der Waals surface area contributed by atoms with Gasteiger partial charge in [0.25, 0.3) is 0 Å². The van der Waals surface area contributed by atoms with E-state index in [1.165, 1.54) is 5.56 Å². The molecular formula is C16H23N3O. The Bertz CT molecular complexity index is 519. The van der Waals surface area contributed by atoms with Crippen LogP contribution in [-0.4, -0.2) is 23.4 Å². The lowest BCUT2D eigenvalue weighted by Crippen LogP contribution is -2.26. The van der Waals surface area contributed by atoms with Crippen molar-refractivity contribution in [3.05, 3.63) is 47.8 Å². The maximum atomic E-state index is 5.21. The van der Waals surface area contributed by atoms with E-state index in [0.29, 0.717) is 0 Å². The summed E-state index contributed by atoms with van der Waals surface area (Å²) in [4.78, 5) is 0. The molecule has 1 unspecified atom stereocenters. The van der Waals surface area contributed by atoms with Crippen molar-refractivity contribution in [2.75, 3.05) is 13.7 Å².